The number of carbonyl (C=O) groups excluding carboxylic acids is 4. The van der Waals surface area contributed by atoms with Crippen molar-refractivity contribution in [2.24, 2.45) is 17.6 Å². The number of hydrogen-bond donors (Lipinski definition) is 3. The van der Waals surface area contributed by atoms with Crippen LogP contribution in [0.4, 0.5) is 0 Å². The molecule has 2 aliphatic carbocycles. The second-order valence-corrected chi connectivity index (χ2v) is 9.61. The molecule has 3 amide bonds. The summed E-state index contributed by atoms with van der Waals surface area (Å²) < 4.78 is 0. The Morgan fingerprint density at radius 1 is 1.14 bits per heavy atom. The third-order valence-corrected chi connectivity index (χ3v) is 7.09. The standard InChI is InChI=1S/C27H38N4O4/c1-4-13-29-26(34)24(32)21(14-17-11-12-17)30-25(33)22(5-2)31(6-3)27(35)23(28)20-15-18-9-7-8-10-19(18)16-20/h4,7-10,17,20-23H,1,5-6,11-16,28H2,2-3H3,(H,29,34)(H,30,33)/t21?,22-,23-/m0/s1. The second-order valence-electron chi connectivity index (χ2n) is 9.61. The molecule has 35 heavy (non-hydrogen) atoms. The second kappa shape index (κ2) is 12.1. The average molecular weight is 483 g/mol. The van der Waals surface area contributed by atoms with Crippen molar-refractivity contribution in [1.29, 1.82) is 0 Å². The van der Waals surface area contributed by atoms with Gasteiger partial charge in [-0.3, -0.25) is 19.2 Å². The minimum absolute atomic E-state index is 0.0210. The predicted molar refractivity (Wildman–Crippen MR) is 134 cm³/mol. The maximum Gasteiger partial charge on any atom is 0.289 e. The van der Waals surface area contributed by atoms with Gasteiger partial charge in [-0.25, -0.2) is 0 Å². The first kappa shape index (κ1) is 26.6. The van der Waals surface area contributed by atoms with E-state index >= 15 is 0 Å². The van der Waals surface area contributed by atoms with Crippen LogP contribution < -0.4 is 16.4 Å². The molecule has 0 aromatic heterocycles. The average Bonchev–Trinajstić information content (AvgIpc) is 3.58. The molecular formula is C27H38N4O4. The highest BCUT2D eigenvalue weighted by Gasteiger charge is 2.39. The van der Waals surface area contributed by atoms with Crippen molar-refractivity contribution in [3.8, 4) is 0 Å². The number of carbonyl (C=O) groups is 4. The molecule has 0 bridgehead atoms. The zero-order chi connectivity index (χ0) is 25.5. The van der Waals surface area contributed by atoms with Crippen LogP contribution in [0.25, 0.3) is 0 Å². The zero-order valence-corrected chi connectivity index (χ0v) is 20.8. The van der Waals surface area contributed by atoms with Gasteiger partial charge in [-0.1, -0.05) is 50.1 Å². The van der Waals surface area contributed by atoms with E-state index in [1.807, 2.05) is 26.0 Å². The van der Waals surface area contributed by atoms with Gasteiger partial charge in [-0.15, -0.1) is 6.58 Å². The van der Waals surface area contributed by atoms with Crippen LogP contribution in [-0.4, -0.2) is 59.6 Å². The van der Waals surface area contributed by atoms with Gasteiger partial charge in [0.05, 0.1) is 12.1 Å². The SMILES string of the molecule is C=CCNC(=O)C(=O)C(CC1CC1)NC(=O)[C@H](CC)N(CC)C(=O)[C@@H](N)C1Cc2ccccc2C1. The molecule has 0 heterocycles. The van der Waals surface area contributed by atoms with Gasteiger partial charge in [-0.2, -0.15) is 0 Å². The van der Waals surface area contributed by atoms with Crippen molar-refractivity contribution in [2.75, 3.05) is 13.1 Å². The van der Waals surface area contributed by atoms with E-state index in [9.17, 15) is 19.2 Å². The molecule has 1 unspecified atom stereocenters. The minimum Gasteiger partial charge on any atom is -0.346 e. The smallest absolute Gasteiger partial charge is 0.289 e. The molecule has 1 aromatic rings. The summed E-state index contributed by atoms with van der Waals surface area (Å²) in [7, 11) is 0. The molecule has 0 radical (unpaired) electrons. The highest BCUT2D eigenvalue weighted by molar-refractivity contribution is 6.38. The van der Waals surface area contributed by atoms with E-state index < -0.39 is 35.7 Å². The summed E-state index contributed by atoms with van der Waals surface area (Å²) in [6, 6.07) is 5.69. The Hall–Kier alpha value is -3.00. The Balaban J connectivity index is 1.68. The minimum atomic E-state index is -0.916. The van der Waals surface area contributed by atoms with Crippen LogP contribution in [0.2, 0.25) is 0 Å². The molecule has 8 nitrogen and oxygen atoms in total. The van der Waals surface area contributed by atoms with Gasteiger partial charge in [0.15, 0.2) is 0 Å². The lowest BCUT2D eigenvalue weighted by Gasteiger charge is -2.33. The Morgan fingerprint density at radius 3 is 2.29 bits per heavy atom. The van der Waals surface area contributed by atoms with Crippen molar-refractivity contribution in [1.82, 2.24) is 15.5 Å². The summed E-state index contributed by atoms with van der Waals surface area (Å²) in [5.41, 5.74) is 8.87. The number of hydrogen-bond acceptors (Lipinski definition) is 5. The summed E-state index contributed by atoms with van der Waals surface area (Å²) in [6.07, 6.45) is 5.71. The third-order valence-electron chi connectivity index (χ3n) is 7.09. The number of nitrogens with one attached hydrogen (secondary N) is 2. The Labute approximate surface area is 207 Å². The Morgan fingerprint density at radius 2 is 1.77 bits per heavy atom. The maximum absolute atomic E-state index is 13.4. The molecule has 3 atom stereocenters. The highest BCUT2D eigenvalue weighted by Crippen LogP contribution is 2.34. The van der Waals surface area contributed by atoms with Gasteiger partial charge in [0.2, 0.25) is 17.6 Å². The molecule has 4 N–H and O–H groups in total. The number of rotatable bonds is 13. The largest absolute Gasteiger partial charge is 0.346 e. The molecular weight excluding hydrogens is 444 g/mol. The van der Waals surface area contributed by atoms with Crippen molar-refractivity contribution in [3.05, 3.63) is 48.0 Å². The summed E-state index contributed by atoms with van der Waals surface area (Å²) >= 11 is 0. The summed E-state index contributed by atoms with van der Waals surface area (Å²) in [5, 5.41) is 5.27. The van der Waals surface area contributed by atoms with Crippen LogP contribution in [0.1, 0.15) is 50.7 Å². The van der Waals surface area contributed by atoms with E-state index in [4.69, 9.17) is 5.73 Å². The first-order chi connectivity index (χ1) is 16.8. The monoisotopic (exact) mass is 482 g/mol. The summed E-state index contributed by atoms with van der Waals surface area (Å²) in [4.78, 5) is 53.3. The fraction of sp³-hybridized carbons (Fsp3) is 0.556. The lowest BCUT2D eigenvalue weighted by molar-refractivity contribution is -0.144. The Bertz CT molecular complexity index is 933. The van der Waals surface area contributed by atoms with E-state index in [1.54, 1.807) is 0 Å². The quantitative estimate of drug-likeness (QED) is 0.291. The van der Waals surface area contributed by atoms with Gasteiger partial charge in [0.25, 0.3) is 5.91 Å². The van der Waals surface area contributed by atoms with Crippen molar-refractivity contribution >= 4 is 23.5 Å². The number of nitrogens with zero attached hydrogens (tertiary/aromatic N) is 1. The van der Waals surface area contributed by atoms with Gasteiger partial charge in [0.1, 0.15) is 6.04 Å². The van der Waals surface area contributed by atoms with Crippen LogP contribution in [-0.2, 0) is 32.0 Å². The molecule has 0 aliphatic heterocycles. The van der Waals surface area contributed by atoms with Crippen LogP contribution in [0.15, 0.2) is 36.9 Å². The van der Waals surface area contributed by atoms with Crippen molar-refractivity contribution in [3.63, 3.8) is 0 Å². The number of Topliss-reactive ketones (excluding diaryl/α,β-unsaturated/α-hetero) is 1. The molecule has 190 valence electrons. The number of benzene rings is 1. The Kier molecular flexibility index (Phi) is 9.20. The van der Waals surface area contributed by atoms with Gasteiger partial charge in [-0.05, 0) is 55.6 Å². The van der Waals surface area contributed by atoms with Crippen molar-refractivity contribution in [2.45, 2.75) is 70.5 Å². The fourth-order valence-corrected chi connectivity index (χ4v) is 4.91. The molecule has 8 heteroatoms. The van der Waals surface area contributed by atoms with E-state index in [-0.39, 0.29) is 18.4 Å². The highest BCUT2D eigenvalue weighted by atomic mass is 16.2. The van der Waals surface area contributed by atoms with Crippen LogP contribution in [0, 0.1) is 11.8 Å². The number of likely N-dealkylation sites (N-methyl/N-ethyl adjacent to an activating group) is 1. The molecule has 0 spiro atoms. The fourth-order valence-electron chi connectivity index (χ4n) is 4.91. The number of amides is 3. The molecule has 1 aromatic carbocycles. The van der Waals surface area contributed by atoms with E-state index in [2.05, 4.69) is 29.3 Å². The van der Waals surface area contributed by atoms with Crippen LogP contribution in [0.5, 0.6) is 0 Å². The van der Waals surface area contributed by atoms with E-state index in [0.29, 0.717) is 25.3 Å². The molecule has 1 saturated carbocycles. The lowest BCUT2D eigenvalue weighted by atomic mass is 9.95. The molecule has 2 aliphatic rings. The molecule has 3 rings (SSSR count). The van der Waals surface area contributed by atoms with Crippen molar-refractivity contribution < 1.29 is 19.2 Å². The maximum atomic E-state index is 13.4. The van der Waals surface area contributed by atoms with Gasteiger partial charge >= 0.3 is 0 Å². The van der Waals surface area contributed by atoms with Gasteiger partial charge in [0, 0.05) is 13.1 Å². The normalized spacial score (nSPS) is 17.6. The van der Waals surface area contributed by atoms with Crippen LogP contribution >= 0.6 is 0 Å². The number of nitrogens with two attached hydrogens (primary N) is 1. The third kappa shape index (κ3) is 6.57. The van der Waals surface area contributed by atoms with Crippen LogP contribution in [0.3, 0.4) is 0 Å². The van der Waals surface area contributed by atoms with E-state index in [0.717, 1.165) is 25.7 Å². The zero-order valence-electron chi connectivity index (χ0n) is 20.8. The predicted octanol–water partition coefficient (Wildman–Crippen LogP) is 1.51. The summed E-state index contributed by atoms with van der Waals surface area (Å²) in [5.74, 6) is -1.81. The van der Waals surface area contributed by atoms with Gasteiger partial charge < -0.3 is 21.3 Å². The topological polar surface area (TPSA) is 122 Å². The molecule has 1 fully saturated rings. The number of fused-ring (bicyclic) bond motifs is 1. The first-order valence-electron chi connectivity index (χ1n) is 12.7. The number of ketones is 1. The summed E-state index contributed by atoms with van der Waals surface area (Å²) in [6.45, 7) is 7.67. The lowest BCUT2D eigenvalue weighted by Crippen LogP contribution is -2.58. The van der Waals surface area contributed by atoms with E-state index in [1.165, 1.54) is 22.1 Å². The molecule has 0 saturated heterocycles. The first-order valence-corrected chi connectivity index (χ1v) is 12.7.